The number of thioether (sulfide) groups is 1. The molecular formula is C14H20O4S. The van der Waals surface area contributed by atoms with Gasteiger partial charge in [0.1, 0.15) is 5.75 Å². The van der Waals surface area contributed by atoms with E-state index in [4.69, 9.17) is 14.6 Å². The number of hydrogen-bond donors (Lipinski definition) is 1. The monoisotopic (exact) mass is 284 g/mol. The molecule has 0 aliphatic rings. The third-order valence-corrected chi connectivity index (χ3v) is 3.57. The van der Waals surface area contributed by atoms with Crippen LogP contribution in [-0.2, 0) is 4.74 Å². The zero-order valence-corrected chi connectivity index (χ0v) is 11.9. The van der Waals surface area contributed by atoms with E-state index in [2.05, 4.69) is 0 Å². The molecule has 1 rings (SSSR count). The summed E-state index contributed by atoms with van der Waals surface area (Å²) in [6.07, 6.45) is 2.03. The van der Waals surface area contributed by atoms with E-state index in [0.717, 1.165) is 31.0 Å². The maximum Gasteiger partial charge on any atom is 0.335 e. The zero-order valence-electron chi connectivity index (χ0n) is 11.1. The molecule has 0 radical (unpaired) electrons. The van der Waals surface area contributed by atoms with E-state index < -0.39 is 5.97 Å². The molecule has 0 bridgehead atoms. The molecule has 19 heavy (non-hydrogen) atoms. The summed E-state index contributed by atoms with van der Waals surface area (Å²) in [5.41, 5.74) is 0.256. The van der Waals surface area contributed by atoms with Crippen LogP contribution in [0.1, 0.15) is 23.2 Å². The first kappa shape index (κ1) is 15.9. The van der Waals surface area contributed by atoms with Gasteiger partial charge in [0.05, 0.1) is 12.2 Å². The molecule has 0 saturated heterocycles. The summed E-state index contributed by atoms with van der Waals surface area (Å²) in [5, 5.41) is 8.85. The lowest BCUT2D eigenvalue weighted by molar-refractivity contribution is 0.0696. The number of benzene rings is 1. The predicted molar refractivity (Wildman–Crippen MR) is 77.3 cm³/mol. The molecule has 0 heterocycles. The second-order valence-electron chi connectivity index (χ2n) is 3.99. The summed E-state index contributed by atoms with van der Waals surface area (Å²) in [4.78, 5) is 10.8. The zero-order chi connectivity index (χ0) is 13.9. The fourth-order valence-electron chi connectivity index (χ4n) is 1.48. The van der Waals surface area contributed by atoms with Crippen molar-refractivity contribution in [2.45, 2.75) is 12.8 Å². The smallest absolute Gasteiger partial charge is 0.335 e. The quantitative estimate of drug-likeness (QED) is 0.669. The van der Waals surface area contributed by atoms with Crippen molar-refractivity contribution < 1.29 is 19.4 Å². The Morgan fingerprint density at radius 2 is 2.00 bits per heavy atom. The van der Waals surface area contributed by atoms with Crippen molar-refractivity contribution in [2.75, 3.05) is 31.8 Å². The normalized spacial score (nSPS) is 10.4. The van der Waals surface area contributed by atoms with Gasteiger partial charge in [0.2, 0.25) is 0 Å². The fraction of sp³-hybridized carbons (Fsp3) is 0.500. The Balaban J connectivity index is 2.12. The Hall–Kier alpha value is -1.20. The molecule has 0 aliphatic heterocycles. The van der Waals surface area contributed by atoms with E-state index in [1.807, 2.05) is 11.8 Å². The minimum Gasteiger partial charge on any atom is -0.494 e. The summed E-state index contributed by atoms with van der Waals surface area (Å²) in [6, 6.07) is 6.57. The molecule has 1 N–H and O–H groups in total. The summed E-state index contributed by atoms with van der Waals surface area (Å²) >= 11 is 1.88. The summed E-state index contributed by atoms with van der Waals surface area (Å²) in [7, 11) is 1.71. The van der Waals surface area contributed by atoms with Gasteiger partial charge < -0.3 is 14.6 Å². The van der Waals surface area contributed by atoms with Crippen LogP contribution in [0.4, 0.5) is 0 Å². The number of ether oxygens (including phenoxy) is 2. The minimum absolute atomic E-state index is 0.256. The third kappa shape index (κ3) is 7.08. The van der Waals surface area contributed by atoms with E-state index in [1.165, 1.54) is 0 Å². The average molecular weight is 284 g/mol. The maximum atomic E-state index is 10.8. The number of methoxy groups -OCH3 is 1. The van der Waals surface area contributed by atoms with Gasteiger partial charge >= 0.3 is 5.97 Å². The van der Waals surface area contributed by atoms with Gasteiger partial charge in [-0.3, -0.25) is 0 Å². The second kappa shape index (κ2) is 9.69. The van der Waals surface area contributed by atoms with Crippen LogP contribution < -0.4 is 4.74 Å². The Morgan fingerprint density at radius 1 is 1.26 bits per heavy atom. The van der Waals surface area contributed by atoms with Gasteiger partial charge in [0, 0.05) is 13.7 Å². The van der Waals surface area contributed by atoms with Gasteiger partial charge in [0.15, 0.2) is 0 Å². The van der Waals surface area contributed by atoms with Crippen LogP contribution >= 0.6 is 11.8 Å². The number of carboxylic acid groups (broad SMARTS) is 1. The number of rotatable bonds is 10. The second-order valence-corrected chi connectivity index (χ2v) is 5.22. The maximum absolute atomic E-state index is 10.8. The fourth-order valence-corrected chi connectivity index (χ4v) is 2.33. The Morgan fingerprint density at radius 3 is 2.68 bits per heavy atom. The molecule has 0 saturated carbocycles. The number of carboxylic acids is 1. The van der Waals surface area contributed by atoms with Gasteiger partial charge in [-0.15, -0.1) is 0 Å². The van der Waals surface area contributed by atoms with Gasteiger partial charge in [0.25, 0.3) is 0 Å². The SMILES string of the molecule is COCCCSCCCOc1cccc(C(=O)O)c1. The Labute approximate surface area is 118 Å². The molecule has 0 unspecified atom stereocenters. The van der Waals surface area contributed by atoms with Crippen LogP contribution in [0.25, 0.3) is 0 Å². The first-order valence-electron chi connectivity index (χ1n) is 6.27. The van der Waals surface area contributed by atoms with E-state index in [1.54, 1.807) is 31.4 Å². The minimum atomic E-state index is -0.931. The lowest BCUT2D eigenvalue weighted by Gasteiger charge is -2.06. The highest BCUT2D eigenvalue weighted by Crippen LogP contribution is 2.14. The van der Waals surface area contributed by atoms with Gasteiger partial charge in [-0.25, -0.2) is 4.79 Å². The van der Waals surface area contributed by atoms with E-state index in [-0.39, 0.29) is 5.56 Å². The van der Waals surface area contributed by atoms with Gasteiger partial charge in [-0.1, -0.05) is 6.07 Å². The van der Waals surface area contributed by atoms with E-state index in [0.29, 0.717) is 12.4 Å². The molecular weight excluding hydrogens is 264 g/mol. The molecule has 4 nitrogen and oxygen atoms in total. The van der Waals surface area contributed by atoms with Crippen LogP contribution in [0.2, 0.25) is 0 Å². The summed E-state index contributed by atoms with van der Waals surface area (Å²) < 4.78 is 10.5. The van der Waals surface area contributed by atoms with Crippen LogP contribution in [0, 0.1) is 0 Å². The first-order valence-corrected chi connectivity index (χ1v) is 7.42. The largest absolute Gasteiger partial charge is 0.494 e. The molecule has 0 spiro atoms. The first-order chi connectivity index (χ1) is 9.24. The summed E-state index contributed by atoms with van der Waals surface area (Å²) in [5.74, 6) is 1.83. The highest BCUT2D eigenvalue weighted by molar-refractivity contribution is 7.99. The van der Waals surface area contributed by atoms with Crippen molar-refractivity contribution in [1.82, 2.24) is 0 Å². The number of hydrogen-bond acceptors (Lipinski definition) is 4. The third-order valence-electron chi connectivity index (χ3n) is 2.42. The van der Waals surface area contributed by atoms with Crippen molar-refractivity contribution in [3.8, 4) is 5.75 Å². The van der Waals surface area contributed by atoms with Crippen molar-refractivity contribution in [3.05, 3.63) is 29.8 Å². The lowest BCUT2D eigenvalue weighted by atomic mass is 10.2. The Kier molecular flexibility index (Phi) is 8.09. The molecule has 0 aromatic heterocycles. The lowest BCUT2D eigenvalue weighted by Crippen LogP contribution is -2.01. The van der Waals surface area contributed by atoms with Crippen LogP contribution in [-0.4, -0.2) is 42.9 Å². The standard InChI is InChI=1S/C14H20O4S/c1-17-7-3-9-19-10-4-8-18-13-6-2-5-12(11-13)14(15)16/h2,5-6,11H,3-4,7-10H2,1H3,(H,15,16). The van der Waals surface area contributed by atoms with E-state index in [9.17, 15) is 4.79 Å². The predicted octanol–water partition coefficient (Wildman–Crippen LogP) is 2.92. The number of carbonyl (C=O) groups is 1. The molecule has 106 valence electrons. The molecule has 0 atom stereocenters. The van der Waals surface area contributed by atoms with Crippen LogP contribution in [0.15, 0.2) is 24.3 Å². The highest BCUT2D eigenvalue weighted by atomic mass is 32.2. The van der Waals surface area contributed by atoms with Crippen molar-refractivity contribution >= 4 is 17.7 Å². The van der Waals surface area contributed by atoms with Gasteiger partial charge in [-0.2, -0.15) is 11.8 Å². The van der Waals surface area contributed by atoms with Crippen molar-refractivity contribution in [3.63, 3.8) is 0 Å². The van der Waals surface area contributed by atoms with Crippen LogP contribution in [0.5, 0.6) is 5.75 Å². The molecule has 1 aromatic rings. The average Bonchev–Trinajstić information content (AvgIpc) is 2.42. The van der Waals surface area contributed by atoms with E-state index >= 15 is 0 Å². The molecule has 0 aliphatic carbocycles. The van der Waals surface area contributed by atoms with Crippen molar-refractivity contribution in [1.29, 1.82) is 0 Å². The number of aromatic carboxylic acids is 1. The molecule has 1 aromatic carbocycles. The van der Waals surface area contributed by atoms with Crippen molar-refractivity contribution in [2.24, 2.45) is 0 Å². The molecule has 0 fully saturated rings. The molecule has 5 heteroatoms. The molecule has 0 amide bonds. The Bertz CT molecular complexity index is 381. The topological polar surface area (TPSA) is 55.8 Å². The highest BCUT2D eigenvalue weighted by Gasteiger charge is 2.03. The van der Waals surface area contributed by atoms with Gasteiger partial charge in [-0.05, 0) is 42.5 Å². The van der Waals surface area contributed by atoms with Crippen LogP contribution in [0.3, 0.4) is 0 Å². The summed E-state index contributed by atoms with van der Waals surface area (Å²) in [6.45, 7) is 1.42.